The molecule has 0 aliphatic carbocycles. The van der Waals surface area contributed by atoms with Crippen LogP contribution in [-0.4, -0.2) is 49.2 Å². The molecule has 2 rings (SSSR count). The Morgan fingerprint density at radius 1 is 1.25 bits per heavy atom. The van der Waals surface area contributed by atoms with Gasteiger partial charge in [-0.1, -0.05) is 36.9 Å². The van der Waals surface area contributed by atoms with Crippen LogP contribution in [0.15, 0.2) is 28.6 Å². The van der Waals surface area contributed by atoms with Crippen LogP contribution >= 0.6 is 23.1 Å². The molecule has 1 amide bonds. The standard InChI is InChI=1S/C17H24N4O4S3/c1-5-14(15(22)18-16-19-20-17(27-16)26-7-3)21(28(4,23)24)12-8-10-13(11-9-12)25-6-2/h8-11,14H,5-7H2,1-4H3,(H,18,19,22)/t14-/m0/s1. The lowest BCUT2D eigenvalue weighted by molar-refractivity contribution is -0.117. The van der Waals surface area contributed by atoms with Crippen LogP contribution < -0.4 is 14.4 Å². The van der Waals surface area contributed by atoms with Gasteiger partial charge < -0.3 is 4.74 Å². The molecule has 0 bridgehead atoms. The summed E-state index contributed by atoms with van der Waals surface area (Å²) in [5, 5.41) is 11.0. The van der Waals surface area contributed by atoms with E-state index in [-0.39, 0.29) is 0 Å². The number of sulfonamides is 1. The molecule has 1 aromatic carbocycles. The molecule has 0 aliphatic heterocycles. The topological polar surface area (TPSA) is 101 Å². The van der Waals surface area contributed by atoms with Crippen molar-refractivity contribution in [1.29, 1.82) is 0 Å². The molecule has 1 heterocycles. The highest BCUT2D eigenvalue weighted by Gasteiger charge is 2.32. The van der Waals surface area contributed by atoms with Crippen LogP contribution in [0, 0.1) is 0 Å². The van der Waals surface area contributed by atoms with Gasteiger partial charge in [0.1, 0.15) is 11.8 Å². The molecular weight excluding hydrogens is 420 g/mol. The fourth-order valence-electron chi connectivity index (χ4n) is 2.55. The number of aromatic nitrogens is 2. The maximum atomic E-state index is 12.8. The van der Waals surface area contributed by atoms with E-state index in [0.717, 1.165) is 20.7 Å². The number of nitrogens with zero attached hydrogens (tertiary/aromatic N) is 3. The minimum atomic E-state index is -3.70. The third-order valence-electron chi connectivity index (χ3n) is 3.64. The molecule has 1 N–H and O–H groups in total. The molecule has 0 saturated carbocycles. The number of rotatable bonds is 10. The first-order valence-electron chi connectivity index (χ1n) is 8.79. The molecule has 8 nitrogen and oxygen atoms in total. The van der Waals surface area contributed by atoms with Crippen LogP contribution in [0.2, 0.25) is 0 Å². The van der Waals surface area contributed by atoms with Gasteiger partial charge in [0, 0.05) is 0 Å². The van der Waals surface area contributed by atoms with Crippen molar-refractivity contribution in [3.63, 3.8) is 0 Å². The molecule has 0 fully saturated rings. The SMILES string of the molecule is CCOc1ccc(N([C@@H](CC)C(=O)Nc2nnc(SCC)s2)S(C)(=O)=O)cc1. The number of hydrogen-bond acceptors (Lipinski definition) is 8. The lowest BCUT2D eigenvalue weighted by Crippen LogP contribution is -2.47. The normalized spacial score (nSPS) is 12.4. The van der Waals surface area contributed by atoms with Crippen molar-refractivity contribution in [3.8, 4) is 5.75 Å². The van der Waals surface area contributed by atoms with Gasteiger partial charge in [0.2, 0.25) is 21.1 Å². The fraction of sp³-hybridized carbons (Fsp3) is 0.471. The lowest BCUT2D eigenvalue weighted by Gasteiger charge is -2.29. The summed E-state index contributed by atoms with van der Waals surface area (Å²) in [5.41, 5.74) is 0.396. The van der Waals surface area contributed by atoms with Crippen LogP contribution in [0.4, 0.5) is 10.8 Å². The lowest BCUT2D eigenvalue weighted by atomic mass is 10.2. The third-order valence-corrected chi connectivity index (χ3v) is 6.67. The molecule has 0 aliphatic rings. The fourth-order valence-corrected chi connectivity index (χ4v) is 5.41. The Morgan fingerprint density at radius 2 is 1.93 bits per heavy atom. The molecule has 1 aromatic heterocycles. The molecule has 1 atom stereocenters. The van der Waals surface area contributed by atoms with E-state index in [1.54, 1.807) is 31.2 Å². The van der Waals surface area contributed by atoms with Crippen molar-refractivity contribution >= 4 is 49.8 Å². The first-order chi connectivity index (χ1) is 13.3. The number of amides is 1. The summed E-state index contributed by atoms with van der Waals surface area (Å²) < 4.78 is 32.2. The molecule has 0 spiro atoms. The molecule has 11 heteroatoms. The number of hydrogen-bond donors (Lipinski definition) is 1. The van der Waals surface area contributed by atoms with E-state index in [4.69, 9.17) is 4.74 Å². The predicted octanol–water partition coefficient (Wildman–Crippen LogP) is 3.23. The van der Waals surface area contributed by atoms with Crippen molar-refractivity contribution < 1.29 is 17.9 Å². The summed E-state index contributed by atoms with van der Waals surface area (Å²) in [6.45, 7) is 6.13. The molecule has 2 aromatic rings. The summed E-state index contributed by atoms with van der Waals surface area (Å²) >= 11 is 2.79. The molecular formula is C17H24N4O4S3. The zero-order valence-electron chi connectivity index (χ0n) is 16.2. The van der Waals surface area contributed by atoms with E-state index in [2.05, 4.69) is 15.5 Å². The van der Waals surface area contributed by atoms with Gasteiger partial charge >= 0.3 is 0 Å². The Morgan fingerprint density at radius 3 is 2.46 bits per heavy atom. The van der Waals surface area contributed by atoms with Gasteiger partial charge in [0.15, 0.2) is 4.34 Å². The van der Waals surface area contributed by atoms with Gasteiger partial charge in [0.05, 0.1) is 18.6 Å². The molecule has 0 saturated heterocycles. The van der Waals surface area contributed by atoms with Gasteiger partial charge in [-0.25, -0.2) is 8.42 Å². The average molecular weight is 445 g/mol. The van der Waals surface area contributed by atoms with E-state index < -0.39 is 22.0 Å². The van der Waals surface area contributed by atoms with Crippen LogP contribution in [0.5, 0.6) is 5.75 Å². The van der Waals surface area contributed by atoms with Crippen molar-refractivity contribution in [3.05, 3.63) is 24.3 Å². The number of carbonyl (C=O) groups excluding carboxylic acids is 1. The van der Waals surface area contributed by atoms with E-state index in [1.807, 2.05) is 13.8 Å². The Labute approximate surface area is 173 Å². The van der Waals surface area contributed by atoms with Crippen molar-refractivity contribution in [1.82, 2.24) is 10.2 Å². The van der Waals surface area contributed by atoms with Gasteiger partial charge in [-0.15, -0.1) is 10.2 Å². The Balaban J connectivity index is 2.27. The number of ether oxygens (including phenoxy) is 1. The minimum absolute atomic E-state index is 0.293. The predicted molar refractivity (Wildman–Crippen MR) is 114 cm³/mol. The Bertz CT molecular complexity index is 884. The number of benzene rings is 1. The average Bonchev–Trinajstić information content (AvgIpc) is 3.07. The second-order valence-corrected chi connectivity index (χ2v) is 10.1. The summed E-state index contributed by atoms with van der Waals surface area (Å²) in [6, 6.07) is 5.70. The van der Waals surface area contributed by atoms with Crippen LogP contribution in [-0.2, 0) is 14.8 Å². The zero-order valence-corrected chi connectivity index (χ0v) is 18.7. The van der Waals surface area contributed by atoms with Crippen molar-refractivity contribution in [2.24, 2.45) is 0 Å². The highest BCUT2D eigenvalue weighted by atomic mass is 32.2. The highest BCUT2D eigenvalue weighted by Crippen LogP contribution is 2.28. The van der Waals surface area contributed by atoms with E-state index in [1.165, 1.54) is 23.1 Å². The maximum Gasteiger partial charge on any atom is 0.250 e. The van der Waals surface area contributed by atoms with Crippen molar-refractivity contribution in [2.75, 3.05) is 28.2 Å². The molecule has 0 unspecified atom stereocenters. The molecule has 0 radical (unpaired) electrons. The minimum Gasteiger partial charge on any atom is -0.494 e. The summed E-state index contributed by atoms with van der Waals surface area (Å²) in [7, 11) is -3.70. The first kappa shape index (κ1) is 22.4. The molecule has 154 valence electrons. The number of thioether (sulfide) groups is 1. The largest absolute Gasteiger partial charge is 0.494 e. The highest BCUT2D eigenvalue weighted by molar-refractivity contribution is 8.01. The second kappa shape index (κ2) is 10.1. The molecule has 28 heavy (non-hydrogen) atoms. The van der Waals surface area contributed by atoms with Gasteiger partial charge in [-0.2, -0.15) is 0 Å². The van der Waals surface area contributed by atoms with E-state index in [9.17, 15) is 13.2 Å². The third kappa shape index (κ3) is 5.82. The monoisotopic (exact) mass is 444 g/mol. The van der Waals surface area contributed by atoms with E-state index in [0.29, 0.717) is 29.6 Å². The number of carbonyl (C=O) groups is 1. The Kier molecular flexibility index (Phi) is 8.08. The second-order valence-electron chi connectivity index (χ2n) is 5.71. The summed E-state index contributed by atoms with van der Waals surface area (Å²) in [4.78, 5) is 12.8. The first-order valence-corrected chi connectivity index (χ1v) is 12.4. The number of anilines is 2. The van der Waals surface area contributed by atoms with Crippen LogP contribution in [0.3, 0.4) is 0 Å². The maximum absolute atomic E-state index is 12.8. The smallest absolute Gasteiger partial charge is 0.250 e. The van der Waals surface area contributed by atoms with Gasteiger partial charge in [-0.3, -0.25) is 14.4 Å². The van der Waals surface area contributed by atoms with Crippen LogP contribution in [0.1, 0.15) is 27.2 Å². The zero-order chi connectivity index (χ0) is 20.7. The van der Waals surface area contributed by atoms with Crippen LogP contribution in [0.25, 0.3) is 0 Å². The van der Waals surface area contributed by atoms with Crippen molar-refractivity contribution in [2.45, 2.75) is 37.6 Å². The number of nitrogens with one attached hydrogen (secondary N) is 1. The summed E-state index contributed by atoms with van der Waals surface area (Å²) in [5.74, 6) is 1.03. The Hall–Kier alpha value is -1.85. The van der Waals surface area contributed by atoms with E-state index >= 15 is 0 Å². The van der Waals surface area contributed by atoms with Gasteiger partial charge in [0.25, 0.3) is 0 Å². The van der Waals surface area contributed by atoms with Gasteiger partial charge in [-0.05, 0) is 43.4 Å². The summed E-state index contributed by atoms with van der Waals surface area (Å²) in [6.07, 6.45) is 1.38. The quantitative estimate of drug-likeness (QED) is 0.443.